The topological polar surface area (TPSA) is 106 Å². The molecule has 2 aliphatic rings. The number of hydrogen-bond donors (Lipinski definition) is 1. The number of hydrogen-bond acceptors (Lipinski definition) is 6. The van der Waals surface area contributed by atoms with Gasteiger partial charge in [-0.1, -0.05) is 73.5 Å². The van der Waals surface area contributed by atoms with Gasteiger partial charge in [-0.15, -0.1) is 0 Å². The van der Waals surface area contributed by atoms with Crippen molar-refractivity contribution < 1.29 is 31.7 Å². The minimum atomic E-state index is -4.50. The van der Waals surface area contributed by atoms with Gasteiger partial charge in [0, 0.05) is 29.7 Å². The van der Waals surface area contributed by atoms with E-state index in [1.807, 2.05) is 30.3 Å². The van der Waals surface area contributed by atoms with Crippen molar-refractivity contribution in [2.45, 2.75) is 49.7 Å². The van der Waals surface area contributed by atoms with Gasteiger partial charge in [0.1, 0.15) is 11.1 Å². The predicted octanol–water partition coefficient (Wildman–Crippen LogP) is 7.48. The van der Waals surface area contributed by atoms with Crippen LogP contribution in [0.3, 0.4) is 0 Å². The van der Waals surface area contributed by atoms with E-state index in [1.165, 1.54) is 17.0 Å². The second-order valence-corrected chi connectivity index (χ2v) is 12.2. The highest BCUT2D eigenvalue weighted by Crippen LogP contribution is 2.42. The Morgan fingerprint density at radius 3 is 2.31 bits per heavy atom. The zero-order chi connectivity index (χ0) is 33.6. The molecule has 2 aromatic heterocycles. The number of halogens is 4. The lowest BCUT2D eigenvalue weighted by Gasteiger charge is -2.39. The van der Waals surface area contributed by atoms with Gasteiger partial charge in [-0.3, -0.25) is 14.3 Å². The molecule has 1 N–H and O–H groups in total. The van der Waals surface area contributed by atoms with Crippen molar-refractivity contribution in [3.05, 3.63) is 96.6 Å². The fourth-order valence-electron chi connectivity index (χ4n) is 6.61. The van der Waals surface area contributed by atoms with Crippen molar-refractivity contribution in [1.82, 2.24) is 24.8 Å². The van der Waals surface area contributed by atoms with Gasteiger partial charge in [0.2, 0.25) is 5.91 Å². The second kappa shape index (κ2) is 12.0. The van der Waals surface area contributed by atoms with Crippen molar-refractivity contribution in [3.63, 3.8) is 0 Å². The first-order valence-electron chi connectivity index (χ1n) is 15.6. The molecule has 0 bridgehead atoms. The van der Waals surface area contributed by atoms with E-state index < -0.39 is 28.9 Å². The summed E-state index contributed by atoms with van der Waals surface area (Å²) in [5, 5.41) is 12.8. The fraction of sp³-hybridized carbons (Fsp3) is 0.286. The lowest BCUT2D eigenvalue weighted by atomic mass is 9.72. The number of anilines is 1. The molecule has 1 saturated heterocycles. The first kappa shape index (κ1) is 31.3. The number of carbonyl (C=O) groups is 2. The van der Waals surface area contributed by atoms with Crippen LogP contribution in [-0.4, -0.2) is 49.7 Å². The molecule has 3 aromatic carbocycles. The van der Waals surface area contributed by atoms with Gasteiger partial charge < -0.3 is 14.7 Å². The normalized spacial score (nSPS) is 16.5. The number of benzene rings is 3. The molecule has 1 aliphatic heterocycles. The molecule has 2 fully saturated rings. The number of nitrogens with zero attached hydrogens (tertiary/aromatic N) is 5. The van der Waals surface area contributed by atoms with Crippen LogP contribution in [0.25, 0.3) is 33.6 Å². The van der Waals surface area contributed by atoms with Crippen molar-refractivity contribution >= 4 is 28.4 Å². The maximum Gasteiger partial charge on any atom is 0.416 e. The van der Waals surface area contributed by atoms with Crippen LogP contribution in [0.5, 0.6) is 0 Å². The van der Waals surface area contributed by atoms with Gasteiger partial charge in [-0.25, -0.2) is 4.39 Å². The summed E-state index contributed by atoms with van der Waals surface area (Å²) >= 11 is 0. The molecule has 2 amide bonds. The highest BCUT2D eigenvalue weighted by molar-refractivity contribution is 6.01. The van der Waals surface area contributed by atoms with E-state index in [0.29, 0.717) is 46.3 Å². The number of para-hydroxylation sites is 2. The van der Waals surface area contributed by atoms with Crippen LogP contribution in [0.15, 0.2) is 89.7 Å². The van der Waals surface area contributed by atoms with Crippen molar-refractivity contribution in [2.24, 2.45) is 0 Å². The number of aromatic nitrogens is 4. The smallest absolute Gasteiger partial charge is 0.334 e. The molecule has 0 unspecified atom stereocenters. The fourth-order valence-corrected chi connectivity index (χ4v) is 6.61. The number of carbonyl (C=O) groups excluding carboxylic acids is 2. The molecule has 246 valence electrons. The maximum absolute atomic E-state index is 13.8. The van der Waals surface area contributed by atoms with Crippen molar-refractivity contribution in [3.8, 4) is 22.7 Å². The Labute approximate surface area is 272 Å². The Kier molecular flexibility index (Phi) is 7.84. The minimum absolute atomic E-state index is 0.136. The van der Waals surface area contributed by atoms with Gasteiger partial charge in [0.15, 0.2) is 11.7 Å². The average molecular weight is 659 g/mol. The number of nitrogens with one attached hydrogen (secondary N) is 1. The average Bonchev–Trinajstić information content (AvgIpc) is 3.71. The van der Waals surface area contributed by atoms with E-state index in [4.69, 9.17) is 14.6 Å². The molecule has 9 nitrogen and oxygen atoms in total. The highest BCUT2D eigenvalue weighted by atomic mass is 19.4. The van der Waals surface area contributed by atoms with Gasteiger partial charge >= 0.3 is 6.18 Å². The molecule has 0 radical (unpaired) electrons. The Morgan fingerprint density at radius 2 is 1.65 bits per heavy atom. The molecular formula is C35H30F4N6O3. The third-order valence-electron chi connectivity index (χ3n) is 9.20. The molecule has 7 rings (SSSR count). The van der Waals surface area contributed by atoms with Crippen LogP contribution in [0.2, 0.25) is 0 Å². The first-order valence-corrected chi connectivity index (χ1v) is 15.6. The Balaban J connectivity index is 1.31. The summed E-state index contributed by atoms with van der Waals surface area (Å²) in [6.07, 6.45) is -0.820. The summed E-state index contributed by atoms with van der Waals surface area (Å²) in [4.78, 5) is 32.1. The van der Waals surface area contributed by atoms with E-state index in [1.54, 1.807) is 22.9 Å². The zero-order valence-corrected chi connectivity index (χ0v) is 25.6. The molecular weight excluding hydrogens is 628 g/mol. The Bertz CT molecular complexity index is 2010. The summed E-state index contributed by atoms with van der Waals surface area (Å²) in [7, 11) is 0. The summed E-state index contributed by atoms with van der Waals surface area (Å²) < 4.78 is 61.1. The van der Waals surface area contributed by atoms with Crippen LogP contribution in [0, 0.1) is 0 Å². The molecule has 0 atom stereocenters. The summed E-state index contributed by atoms with van der Waals surface area (Å²) in [6, 6.07) is 18.8. The monoisotopic (exact) mass is 658 g/mol. The van der Waals surface area contributed by atoms with Crippen molar-refractivity contribution in [1.29, 1.82) is 0 Å². The minimum Gasteiger partial charge on any atom is -0.334 e. The summed E-state index contributed by atoms with van der Waals surface area (Å²) in [5.74, 6) is -1.71. The SMILES string of the molecule is C=C(F)C(=O)N1CC(n2nc(-c3ccc(C(F)(F)F)cc3)c3cccc(-c4nc(C5(C(=O)Nc6ccccc6)CCCCC5)no4)c32)C1. The summed E-state index contributed by atoms with van der Waals surface area (Å²) in [6.45, 7) is 3.37. The van der Waals surface area contributed by atoms with E-state index in [-0.39, 0.29) is 36.8 Å². The van der Waals surface area contributed by atoms with Crippen LogP contribution in [0.1, 0.15) is 49.5 Å². The quantitative estimate of drug-likeness (QED) is 0.144. The summed E-state index contributed by atoms with van der Waals surface area (Å²) in [5.41, 5.74) is 0.742. The lowest BCUT2D eigenvalue weighted by molar-refractivity contribution is -0.137. The van der Waals surface area contributed by atoms with Gasteiger partial charge in [0.25, 0.3) is 11.8 Å². The van der Waals surface area contributed by atoms with Crippen LogP contribution in [0.4, 0.5) is 23.2 Å². The van der Waals surface area contributed by atoms with Gasteiger partial charge in [-0.05, 0) is 43.2 Å². The standard InChI is InChI=1S/C35H30F4N6O3/c1-21(36)31(46)44-19-25(20-44)45-29-26(28(42-45)22-13-15-23(16-14-22)35(37,38)39)11-8-12-27(29)30-41-32(43-48-30)34(17-6-3-7-18-34)33(47)40-24-9-4-2-5-10-24/h2,4-5,8-16,25H,1,3,6-7,17-20H2,(H,40,47). The van der Waals surface area contributed by atoms with Crippen LogP contribution >= 0.6 is 0 Å². The van der Waals surface area contributed by atoms with Gasteiger partial charge in [-0.2, -0.15) is 23.3 Å². The molecule has 13 heteroatoms. The van der Waals surface area contributed by atoms with E-state index in [2.05, 4.69) is 17.1 Å². The third-order valence-corrected chi connectivity index (χ3v) is 9.20. The van der Waals surface area contributed by atoms with Crippen LogP contribution in [-0.2, 0) is 21.2 Å². The first-order chi connectivity index (χ1) is 23.0. The molecule has 1 aliphatic carbocycles. The number of alkyl halides is 3. The zero-order valence-electron chi connectivity index (χ0n) is 25.6. The third kappa shape index (κ3) is 5.52. The molecule has 5 aromatic rings. The number of likely N-dealkylation sites (tertiary alicyclic amines) is 1. The number of amides is 2. The largest absolute Gasteiger partial charge is 0.416 e. The lowest BCUT2D eigenvalue weighted by Crippen LogP contribution is -2.51. The van der Waals surface area contributed by atoms with Gasteiger partial charge in [0.05, 0.1) is 22.7 Å². The number of rotatable bonds is 7. The van der Waals surface area contributed by atoms with E-state index in [0.717, 1.165) is 31.4 Å². The molecule has 0 spiro atoms. The molecule has 3 heterocycles. The predicted molar refractivity (Wildman–Crippen MR) is 169 cm³/mol. The van der Waals surface area contributed by atoms with E-state index >= 15 is 0 Å². The maximum atomic E-state index is 13.8. The van der Waals surface area contributed by atoms with Crippen molar-refractivity contribution in [2.75, 3.05) is 18.4 Å². The molecule has 1 saturated carbocycles. The second-order valence-electron chi connectivity index (χ2n) is 12.2. The highest BCUT2D eigenvalue weighted by Gasteiger charge is 2.46. The van der Waals surface area contributed by atoms with Crippen LogP contribution < -0.4 is 5.32 Å². The van der Waals surface area contributed by atoms with E-state index in [9.17, 15) is 27.2 Å². The Morgan fingerprint density at radius 1 is 0.938 bits per heavy atom. The molecule has 48 heavy (non-hydrogen) atoms. The number of fused-ring (bicyclic) bond motifs is 1. The Hall–Kier alpha value is -5.33.